The third-order valence-electron chi connectivity index (χ3n) is 3.97. The Bertz CT molecular complexity index is 239. The fourth-order valence-corrected chi connectivity index (χ4v) is 3.73. The Morgan fingerprint density at radius 1 is 1.31 bits per heavy atom. The predicted molar refractivity (Wildman–Crippen MR) is 69.9 cm³/mol. The van der Waals surface area contributed by atoms with E-state index in [9.17, 15) is 0 Å². The van der Waals surface area contributed by atoms with Gasteiger partial charge < -0.3 is 10.5 Å². The summed E-state index contributed by atoms with van der Waals surface area (Å²) in [5.41, 5.74) is 6.13. The molecule has 0 spiro atoms. The summed E-state index contributed by atoms with van der Waals surface area (Å²) in [6, 6.07) is 0. The molecule has 2 fully saturated rings. The van der Waals surface area contributed by atoms with Crippen LogP contribution in [0.2, 0.25) is 0 Å². The lowest BCUT2D eigenvalue weighted by atomic mass is 9.95. The van der Waals surface area contributed by atoms with Crippen LogP contribution in [0.1, 0.15) is 26.7 Å². The van der Waals surface area contributed by atoms with Gasteiger partial charge in [0.1, 0.15) is 0 Å². The molecule has 0 aromatic rings. The first-order valence-electron chi connectivity index (χ1n) is 6.25. The fraction of sp³-hybridized carbons (Fsp3) is 1.00. The van der Waals surface area contributed by atoms with Gasteiger partial charge in [0.15, 0.2) is 0 Å². The van der Waals surface area contributed by atoms with E-state index in [1.165, 1.54) is 18.7 Å². The lowest BCUT2D eigenvalue weighted by Crippen LogP contribution is -2.55. The molecule has 2 N–H and O–H groups in total. The van der Waals surface area contributed by atoms with Crippen LogP contribution in [0.4, 0.5) is 0 Å². The van der Waals surface area contributed by atoms with E-state index in [1.54, 1.807) is 0 Å². The molecule has 0 aromatic heterocycles. The summed E-state index contributed by atoms with van der Waals surface area (Å²) in [7, 11) is 0. The molecule has 0 radical (unpaired) electrons. The zero-order valence-electron chi connectivity index (χ0n) is 10.5. The number of hydrogen-bond donors (Lipinski definition) is 1. The van der Waals surface area contributed by atoms with Gasteiger partial charge in [0, 0.05) is 36.7 Å². The van der Waals surface area contributed by atoms with Gasteiger partial charge in [-0.05, 0) is 12.8 Å². The molecule has 1 unspecified atom stereocenters. The lowest BCUT2D eigenvalue weighted by molar-refractivity contribution is 0.0761. The van der Waals surface area contributed by atoms with Crippen molar-refractivity contribution in [2.75, 3.05) is 38.6 Å². The minimum absolute atomic E-state index is 0.140. The fourth-order valence-electron chi connectivity index (χ4n) is 2.63. The predicted octanol–water partition coefficient (Wildman–Crippen LogP) is 1.32. The molecule has 0 amide bonds. The second-order valence-corrected chi connectivity index (χ2v) is 7.38. The third kappa shape index (κ3) is 2.55. The van der Waals surface area contributed by atoms with Crippen molar-refractivity contribution in [3.8, 4) is 0 Å². The molecule has 0 saturated carbocycles. The van der Waals surface area contributed by atoms with E-state index < -0.39 is 0 Å². The Morgan fingerprint density at radius 2 is 2.12 bits per heavy atom. The van der Waals surface area contributed by atoms with Crippen LogP contribution in [0.5, 0.6) is 0 Å². The Balaban J connectivity index is 2.03. The van der Waals surface area contributed by atoms with Gasteiger partial charge in [-0.2, -0.15) is 11.8 Å². The van der Waals surface area contributed by atoms with Crippen molar-refractivity contribution >= 4 is 11.8 Å². The molecule has 1 atom stereocenters. The highest BCUT2D eigenvalue weighted by molar-refractivity contribution is 8.00. The van der Waals surface area contributed by atoms with Crippen molar-refractivity contribution in [2.24, 2.45) is 5.73 Å². The summed E-state index contributed by atoms with van der Waals surface area (Å²) in [5, 5.41) is 0. The molecule has 3 nitrogen and oxygen atoms in total. The Hall–Kier alpha value is 0.230. The zero-order chi connectivity index (χ0) is 11.6. The minimum Gasteiger partial charge on any atom is -0.379 e. The summed E-state index contributed by atoms with van der Waals surface area (Å²) >= 11 is 2.09. The molecule has 94 valence electrons. The van der Waals surface area contributed by atoms with Gasteiger partial charge in [0.2, 0.25) is 0 Å². The van der Waals surface area contributed by atoms with Crippen molar-refractivity contribution in [1.82, 2.24) is 4.90 Å². The molecular weight excluding hydrogens is 220 g/mol. The molecule has 2 aliphatic rings. The third-order valence-corrected chi connectivity index (χ3v) is 5.34. The van der Waals surface area contributed by atoms with E-state index in [1.807, 2.05) is 0 Å². The van der Waals surface area contributed by atoms with Crippen molar-refractivity contribution in [3.63, 3.8) is 0 Å². The van der Waals surface area contributed by atoms with Crippen molar-refractivity contribution in [3.05, 3.63) is 0 Å². The highest BCUT2D eigenvalue weighted by Crippen LogP contribution is 2.34. The standard InChI is InChI=1S/C12H24N2OS/c1-11(2)3-5-14(6-8-16-11)12(9-13)4-7-15-10-12/h3-10,13H2,1-2H3. The van der Waals surface area contributed by atoms with E-state index >= 15 is 0 Å². The van der Waals surface area contributed by atoms with Crippen LogP contribution < -0.4 is 5.73 Å². The van der Waals surface area contributed by atoms with E-state index in [2.05, 4.69) is 30.5 Å². The molecular formula is C12H24N2OS. The first-order valence-corrected chi connectivity index (χ1v) is 7.23. The molecule has 2 aliphatic heterocycles. The SMILES string of the molecule is CC1(C)CCN(C2(CN)CCOC2)CCS1. The average molecular weight is 244 g/mol. The van der Waals surface area contributed by atoms with Gasteiger partial charge in [-0.1, -0.05) is 13.8 Å². The van der Waals surface area contributed by atoms with Crippen LogP contribution in [-0.4, -0.2) is 53.8 Å². The summed E-state index contributed by atoms with van der Waals surface area (Å²) in [6.45, 7) is 9.47. The van der Waals surface area contributed by atoms with Gasteiger partial charge in [-0.3, -0.25) is 4.90 Å². The number of thioether (sulfide) groups is 1. The molecule has 2 saturated heterocycles. The molecule has 0 aliphatic carbocycles. The van der Waals surface area contributed by atoms with Gasteiger partial charge in [0.25, 0.3) is 0 Å². The van der Waals surface area contributed by atoms with Crippen molar-refractivity contribution in [2.45, 2.75) is 37.0 Å². The zero-order valence-corrected chi connectivity index (χ0v) is 11.3. The normalized spacial score (nSPS) is 36.2. The second-order valence-electron chi connectivity index (χ2n) is 5.58. The van der Waals surface area contributed by atoms with Crippen LogP contribution in [0.25, 0.3) is 0 Å². The van der Waals surface area contributed by atoms with Gasteiger partial charge >= 0.3 is 0 Å². The maximum Gasteiger partial charge on any atom is 0.0663 e. The second kappa shape index (κ2) is 4.84. The topological polar surface area (TPSA) is 38.5 Å². The van der Waals surface area contributed by atoms with Crippen molar-refractivity contribution in [1.29, 1.82) is 0 Å². The molecule has 16 heavy (non-hydrogen) atoms. The van der Waals surface area contributed by atoms with Crippen LogP contribution in [-0.2, 0) is 4.74 Å². The minimum atomic E-state index is 0.140. The Morgan fingerprint density at radius 3 is 2.75 bits per heavy atom. The van der Waals surface area contributed by atoms with Gasteiger partial charge in [0.05, 0.1) is 12.1 Å². The van der Waals surface area contributed by atoms with E-state index in [-0.39, 0.29) is 5.54 Å². The number of hydrogen-bond acceptors (Lipinski definition) is 4. The van der Waals surface area contributed by atoms with Crippen LogP contribution in [0.3, 0.4) is 0 Å². The monoisotopic (exact) mass is 244 g/mol. The van der Waals surface area contributed by atoms with Gasteiger partial charge in [-0.15, -0.1) is 0 Å². The Labute approximate surface area is 103 Å². The molecule has 2 heterocycles. The highest BCUT2D eigenvalue weighted by Gasteiger charge is 2.40. The highest BCUT2D eigenvalue weighted by atomic mass is 32.2. The quantitative estimate of drug-likeness (QED) is 0.795. The largest absolute Gasteiger partial charge is 0.379 e. The summed E-state index contributed by atoms with van der Waals surface area (Å²) in [5.74, 6) is 1.22. The van der Waals surface area contributed by atoms with E-state index in [0.29, 0.717) is 4.75 Å². The van der Waals surface area contributed by atoms with Crippen LogP contribution >= 0.6 is 11.8 Å². The Kier molecular flexibility index (Phi) is 3.84. The lowest BCUT2D eigenvalue weighted by Gasteiger charge is -2.38. The maximum absolute atomic E-state index is 5.99. The summed E-state index contributed by atoms with van der Waals surface area (Å²) in [6.07, 6.45) is 2.36. The van der Waals surface area contributed by atoms with Crippen LogP contribution in [0.15, 0.2) is 0 Å². The van der Waals surface area contributed by atoms with Crippen LogP contribution in [0, 0.1) is 0 Å². The van der Waals surface area contributed by atoms with E-state index in [0.717, 1.165) is 32.7 Å². The number of nitrogens with two attached hydrogens (primary N) is 1. The number of rotatable bonds is 2. The molecule has 0 aromatic carbocycles. The van der Waals surface area contributed by atoms with Gasteiger partial charge in [-0.25, -0.2) is 0 Å². The maximum atomic E-state index is 5.99. The van der Waals surface area contributed by atoms with E-state index in [4.69, 9.17) is 10.5 Å². The number of ether oxygens (including phenoxy) is 1. The molecule has 4 heteroatoms. The number of nitrogens with zero attached hydrogens (tertiary/aromatic N) is 1. The summed E-state index contributed by atoms with van der Waals surface area (Å²) < 4.78 is 5.99. The first-order chi connectivity index (χ1) is 7.58. The summed E-state index contributed by atoms with van der Waals surface area (Å²) in [4.78, 5) is 2.59. The molecule has 0 bridgehead atoms. The smallest absolute Gasteiger partial charge is 0.0663 e. The van der Waals surface area contributed by atoms with Crippen molar-refractivity contribution < 1.29 is 4.74 Å². The first kappa shape index (κ1) is 12.7. The average Bonchev–Trinajstić information content (AvgIpc) is 2.65. The molecule has 2 rings (SSSR count).